The fraction of sp³-hybridized carbons (Fsp3) is 0.500. The van der Waals surface area contributed by atoms with Crippen molar-refractivity contribution < 1.29 is 9.90 Å². The lowest BCUT2D eigenvalue weighted by molar-refractivity contribution is -0.143. The monoisotopic (exact) mass is 181 g/mol. The van der Waals surface area contributed by atoms with E-state index in [1.165, 1.54) is 0 Å². The lowest BCUT2D eigenvalue weighted by Crippen LogP contribution is -2.46. The zero-order valence-corrected chi connectivity index (χ0v) is 7.73. The molecule has 3 nitrogen and oxygen atoms in total. The largest absolute Gasteiger partial charge is 0.480 e. The van der Waals surface area contributed by atoms with Crippen LogP contribution in [0.15, 0.2) is 24.3 Å². The van der Waals surface area contributed by atoms with Crippen molar-refractivity contribution in [2.75, 3.05) is 0 Å². The molecule has 0 aromatic carbocycles. The molecule has 0 bridgehead atoms. The maximum Gasteiger partial charge on any atom is 0.323 e. The zero-order chi connectivity index (χ0) is 9.90. The summed E-state index contributed by atoms with van der Waals surface area (Å²) in [5, 5.41) is 8.80. The lowest BCUT2D eigenvalue weighted by Gasteiger charge is -2.24. The highest BCUT2D eigenvalue weighted by molar-refractivity contribution is 5.77. The fourth-order valence-corrected chi connectivity index (χ4v) is 1.42. The minimum absolute atomic E-state index is 0.260. The Kier molecular flexibility index (Phi) is 2.88. The summed E-state index contributed by atoms with van der Waals surface area (Å²) >= 11 is 0. The lowest BCUT2D eigenvalue weighted by atomic mass is 9.86. The molecule has 1 aliphatic rings. The number of carbonyl (C=O) groups is 1. The van der Waals surface area contributed by atoms with Gasteiger partial charge >= 0.3 is 5.97 Å². The van der Waals surface area contributed by atoms with E-state index in [4.69, 9.17) is 10.8 Å². The molecule has 3 N–H and O–H groups in total. The minimum Gasteiger partial charge on any atom is -0.480 e. The van der Waals surface area contributed by atoms with Gasteiger partial charge in [-0.2, -0.15) is 0 Å². The topological polar surface area (TPSA) is 63.3 Å². The van der Waals surface area contributed by atoms with Gasteiger partial charge in [0.05, 0.1) is 0 Å². The van der Waals surface area contributed by atoms with Gasteiger partial charge < -0.3 is 10.8 Å². The summed E-state index contributed by atoms with van der Waals surface area (Å²) in [4.78, 5) is 10.7. The van der Waals surface area contributed by atoms with Crippen LogP contribution in [0.25, 0.3) is 0 Å². The molecule has 0 aromatic heterocycles. The third-order valence-electron chi connectivity index (χ3n) is 2.24. The first-order valence-corrected chi connectivity index (χ1v) is 4.38. The van der Waals surface area contributed by atoms with Crippen molar-refractivity contribution in [3.05, 3.63) is 24.3 Å². The second-order valence-electron chi connectivity index (χ2n) is 3.74. The van der Waals surface area contributed by atoms with Crippen LogP contribution >= 0.6 is 0 Å². The highest BCUT2D eigenvalue weighted by atomic mass is 16.4. The van der Waals surface area contributed by atoms with E-state index in [9.17, 15) is 4.79 Å². The van der Waals surface area contributed by atoms with Gasteiger partial charge in [0, 0.05) is 0 Å². The van der Waals surface area contributed by atoms with Gasteiger partial charge in [-0.3, -0.25) is 4.79 Å². The van der Waals surface area contributed by atoms with Crippen LogP contribution in [0.1, 0.15) is 19.8 Å². The molecule has 0 aromatic rings. The van der Waals surface area contributed by atoms with Crippen LogP contribution in [0.5, 0.6) is 0 Å². The first-order chi connectivity index (χ1) is 6.02. The van der Waals surface area contributed by atoms with Gasteiger partial charge in [-0.05, 0) is 25.7 Å². The Morgan fingerprint density at radius 3 is 2.85 bits per heavy atom. The summed E-state index contributed by atoms with van der Waals surface area (Å²) in [5.41, 5.74) is 4.52. The molecule has 72 valence electrons. The Morgan fingerprint density at radius 1 is 1.69 bits per heavy atom. The van der Waals surface area contributed by atoms with Crippen molar-refractivity contribution >= 4 is 5.97 Å². The maximum absolute atomic E-state index is 10.7. The Bertz CT molecular complexity index is 254. The third-order valence-corrected chi connectivity index (χ3v) is 2.24. The van der Waals surface area contributed by atoms with Crippen molar-refractivity contribution in [3.63, 3.8) is 0 Å². The summed E-state index contributed by atoms with van der Waals surface area (Å²) in [6, 6.07) is 0. The first kappa shape index (κ1) is 9.99. The molecule has 0 amide bonds. The molecule has 0 heterocycles. The Labute approximate surface area is 77.9 Å². The second kappa shape index (κ2) is 3.75. The van der Waals surface area contributed by atoms with E-state index >= 15 is 0 Å². The number of allylic oxidation sites excluding steroid dienone is 4. The van der Waals surface area contributed by atoms with E-state index in [0.29, 0.717) is 6.42 Å². The van der Waals surface area contributed by atoms with E-state index in [-0.39, 0.29) is 5.92 Å². The molecule has 0 saturated heterocycles. The molecule has 13 heavy (non-hydrogen) atoms. The van der Waals surface area contributed by atoms with Crippen molar-refractivity contribution in [3.8, 4) is 0 Å². The van der Waals surface area contributed by atoms with Crippen LogP contribution in [0.3, 0.4) is 0 Å². The molecule has 1 aliphatic carbocycles. The zero-order valence-electron chi connectivity index (χ0n) is 7.73. The summed E-state index contributed by atoms with van der Waals surface area (Å²) in [5.74, 6) is -0.674. The summed E-state index contributed by atoms with van der Waals surface area (Å²) < 4.78 is 0. The van der Waals surface area contributed by atoms with Crippen molar-refractivity contribution in [2.45, 2.75) is 25.3 Å². The first-order valence-electron chi connectivity index (χ1n) is 4.38. The van der Waals surface area contributed by atoms with Gasteiger partial charge in [0.2, 0.25) is 0 Å². The molecule has 0 saturated carbocycles. The molecule has 0 aliphatic heterocycles. The van der Waals surface area contributed by atoms with Crippen LogP contribution in [-0.4, -0.2) is 16.6 Å². The highest BCUT2D eigenvalue weighted by Gasteiger charge is 2.30. The predicted octanol–water partition coefficient (Wildman–Crippen LogP) is 1.31. The Morgan fingerprint density at radius 2 is 2.38 bits per heavy atom. The van der Waals surface area contributed by atoms with Crippen molar-refractivity contribution in [1.29, 1.82) is 0 Å². The van der Waals surface area contributed by atoms with Crippen LogP contribution in [0, 0.1) is 5.92 Å². The average molecular weight is 181 g/mol. The molecule has 2 atom stereocenters. The van der Waals surface area contributed by atoms with E-state index in [0.717, 1.165) is 6.42 Å². The van der Waals surface area contributed by atoms with Crippen molar-refractivity contribution in [2.24, 2.45) is 11.7 Å². The number of carboxylic acid groups (broad SMARTS) is 1. The summed E-state index contributed by atoms with van der Waals surface area (Å²) in [6.07, 6.45) is 9.31. The number of hydrogen-bond acceptors (Lipinski definition) is 2. The highest BCUT2D eigenvalue weighted by Crippen LogP contribution is 2.21. The number of carboxylic acids is 1. The SMILES string of the molecule is C[C@](N)(CC1C=CC=CC1)C(=O)O. The van der Waals surface area contributed by atoms with Gasteiger partial charge in [-0.25, -0.2) is 0 Å². The van der Waals surface area contributed by atoms with Gasteiger partial charge in [0.25, 0.3) is 0 Å². The maximum atomic E-state index is 10.7. The average Bonchev–Trinajstić information content (AvgIpc) is 2.05. The number of hydrogen-bond donors (Lipinski definition) is 2. The van der Waals surface area contributed by atoms with Gasteiger partial charge in [-0.1, -0.05) is 24.3 Å². The predicted molar refractivity (Wildman–Crippen MR) is 51.2 cm³/mol. The van der Waals surface area contributed by atoms with E-state index in [1.54, 1.807) is 6.92 Å². The van der Waals surface area contributed by atoms with Gasteiger partial charge in [0.15, 0.2) is 0 Å². The number of rotatable bonds is 3. The van der Waals surface area contributed by atoms with Crippen LogP contribution < -0.4 is 5.73 Å². The minimum atomic E-state index is -1.11. The van der Waals surface area contributed by atoms with Crippen LogP contribution in [0.2, 0.25) is 0 Å². The third kappa shape index (κ3) is 2.70. The molecule has 0 radical (unpaired) electrons. The Balaban J connectivity index is 2.53. The van der Waals surface area contributed by atoms with Crippen LogP contribution in [-0.2, 0) is 4.79 Å². The fourth-order valence-electron chi connectivity index (χ4n) is 1.42. The Hall–Kier alpha value is -1.09. The molecule has 1 unspecified atom stereocenters. The van der Waals surface area contributed by atoms with Gasteiger partial charge in [-0.15, -0.1) is 0 Å². The van der Waals surface area contributed by atoms with E-state index in [1.807, 2.05) is 24.3 Å². The smallest absolute Gasteiger partial charge is 0.323 e. The second-order valence-corrected chi connectivity index (χ2v) is 3.74. The van der Waals surface area contributed by atoms with E-state index in [2.05, 4.69) is 0 Å². The standard InChI is InChI=1S/C10H15NO2/c1-10(11,9(12)13)7-8-5-3-2-4-6-8/h2-5,8H,6-7,11H2,1H3,(H,12,13)/t8?,10-/m0/s1. The number of nitrogens with two attached hydrogens (primary N) is 1. The van der Waals surface area contributed by atoms with Crippen LogP contribution in [0.4, 0.5) is 0 Å². The molecule has 1 rings (SSSR count). The quantitative estimate of drug-likeness (QED) is 0.690. The van der Waals surface area contributed by atoms with Crippen molar-refractivity contribution in [1.82, 2.24) is 0 Å². The summed E-state index contributed by atoms with van der Waals surface area (Å²) in [6.45, 7) is 1.56. The molecular weight excluding hydrogens is 166 g/mol. The van der Waals surface area contributed by atoms with E-state index < -0.39 is 11.5 Å². The van der Waals surface area contributed by atoms with Gasteiger partial charge in [0.1, 0.15) is 5.54 Å². The summed E-state index contributed by atoms with van der Waals surface area (Å²) in [7, 11) is 0. The normalized spacial score (nSPS) is 25.5. The molecule has 3 heteroatoms. The molecule has 0 spiro atoms. The molecular formula is C10H15NO2. The number of aliphatic carboxylic acids is 1. The molecule has 0 fully saturated rings.